The fourth-order valence-corrected chi connectivity index (χ4v) is 3.73. The van der Waals surface area contributed by atoms with E-state index in [9.17, 15) is 4.79 Å². The summed E-state index contributed by atoms with van der Waals surface area (Å²) in [5.74, 6) is 0.155. The van der Waals surface area contributed by atoms with Gasteiger partial charge in [-0.05, 0) is 36.8 Å². The lowest BCUT2D eigenvalue weighted by Crippen LogP contribution is -2.46. The van der Waals surface area contributed by atoms with E-state index in [1.807, 2.05) is 6.07 Å². The van der Waals surface area contributed by atoms with Gasteiger partial charge in [0.15, 0.2) is 0 Å². The number of nitrogens with one attached hydrogen (secondary N) is 1. The molecule has 1 aromatic carbocycles. The molecule has 1 aromatic rings. The van der Waals surface area contributed by atoms with Crippen molar-refractivity contribution in [3.8, 4) is 0 Å². The highest BCUT2D eigenvalue weighted by Gasteiger charge is 2.26. The average molecular weight is 361 g/mol. The molecule has 0 radical (unpaired) electrons. The van der Waals surface area contributed by atoms with E-state index in [1.54, 1.807) is 0 Å². The van der Waals surface area contributed by atoms with E-state index in [4.69, 9.17) is 15.2 Å². The van der Waals surface area contributed by atoms with Crippen LogP contribution in [0.5, 0.6) is 0 Å². The molecule has 2 aliphatic rings. The van der Waals surface area contributed by atoms with Gasteiger partial charge in [0, 0.05) is 39.4 Å². The van der Waals surface area contributed by atoms with Crippen LogP contribution in [0.2, 0.25) is 0 Å². The topological polar surface area (TPSA) is 76.8 Å². The molecule has 2 saturated heterocycles. The number of hydrogen-bond donors (Lipinski definition) is 2. The standard InChI is InChI=1S/C20H31N3O3/c1-15-13-23(7-10-26-15)14-17-4-2-3-16(11-17)12-22-20(24)19(21)18-5-8-25-9-6-18/h2-4,11,15,18-19H,5-10,12-14,21H2,1H3,(H,22,24). The van der Waals surface area contributed by atoms with Crippen molar-refractivity contribution in [2.75, 3.05) is 32.9 Å². The lowest BCUT2D eigenvalue weighted by Gasteiger charge is -2.31. The summed E-state index contributed by atoms with van der Waals surface area (Å²) in [6.45, 7) is 7.66. The second-order valence-electron chi connectivity index (χ2n) is 7.43. The van der Waals surface area contributed by atoms with Gasteiger partial charge in [-0.25, -0.2) is 0 Å². The molecule has 2 fully saturated rings. The highest BCUT2D eigenvalue weighted by molar-refractivity contribution is 5.81. The van der Waals surface area contributed by atoms with Crippen molar-refractivity contribution in [1.29, 1.82) is 0 Å². The Labute approximate surface area is 156 Å². The number of carbonyl (C=O) groups is 1. The van der Waals surface area contributed by atoms with Crippen LogP contribution in [0.25, 0.3) is 0 Å². The fourth-order valence-electron chi connectivity index (χ4n) is 3.73. The zero-order valence-corrected chi connectivity index (χ0v) is 15.7. The number of benzene rings is 1. The van der Waals surface area contributed by atoms with E-state index in [1.165, 1.54) is 5.56 Å². The Morgan fingerprint density at radius 1 is 1.31 bits per heavy atom. The highest BCUT2D eigenvalue weighted by atomic mass is 16.5. The number of rotatable bonds is 6. The van der Waals surface area contributed by atoms with Crippen molar-refractivity contribution < 1.29 is 14.3 Å². The van der Waals surface area contributed by atoms with Gasteiger partial charge in [-0.3, -0.25) is 9.69 Å². The van der Waals surface area contributed by atoms with Crippen LogP contribution in [0.1, 0.15) is 30.9 Å². The molecule has 0 bridgehead atoms. The third-order valence-corrected chi connectivity index (χ3v) is 5.27. The van der Waals surface area contributed by atoms with Gasteiger partial charge in [-0.15, -0.1) is 0 Å². The van der Waals surface area contributed by atoms with Crippen molar-refractivity contribution in [1.82, 2.24) is 10.2 Å². The summed E-state index contributed by atoms with van der Waals surface area (Å²) < 4.78 is 10.9. The van der Waals surface area contributed by atoms with E-state index < -0.39 is 6.04 Å². The zero-order chi connectivity index (χ0) is 18.4. The molecule has 1 amide bonds. The molecule has 0 spiro atoms. The molecule has 2 atom stereocenters. The maximum atomic E-state index is 12.4. The number of amides is 1. The van der Waals surface area contributed by atoms with Gasteiger partial charge in [0.1, 0.15) is 0 Å². The Morgan fingerprint density at radius 3 is 2.85 bits per heavy atom. The Kier molecular flexibility index (Phi) is 7.02. The molecule has 6 heteroatoms. The van der Waals surface area contributed by atoms with Gasteiger partial charge in [-0.2, -0.15) is 0 Å². The van der Waals surface area contributed by atoms with E-state index in [0.29, 0.717) is 19.8 Å². The molecule has 0 aromatic heterocycles. The average Bonchev–Trinajstić information content (AvgIpc) is 2.66. The van der Waals surface area contributed by atoms with Crippen molar-refractivity contribution in [2.24, 2.45) is 11.7 Å². The van der Waals surface area contributed by atoms with Crippen LogP contribution >= 0.6 is 0 Å². The third kappa shape index (κ3) is 5.51. The lowest BCUT2D eigenvalue weighted by atomic mass is 9.92. The van der Waals surface area contributed by atoms with Crippen LogP contribution < -0.4 is 11.1 Å². The Balaban J connectivity index is 1.49. The Morgan fingerprint density at radius 2 is 2.08 bits per heavy atom. The first-order valence-electron chi connectivity index (χ1n) is 9.64. The summed E-state index contributed by atoms with van der Waals surface area (Å²) in [7, 11) is 0. The van der Waals surface area contributed by atoms with Gasteiger partial charge >= 0.3 is 0 Å². The zero-order valence-electron chi connectivity index (χ0n) is 15.7. The Hall–Kier alpha value is -1.47. The van der Waals surface area contributed by atoms with Crippen molar-refractivity contribution in [3.05, 3.63) is 35.4 Å². The van der Waals surface area contributed by atoms with E-state index >= 15 is 0 Å². The van der Waals surface area contributed by atoms with Crippen LogP contribution in [0, 0.1) is 5.92 Å². The van der Waals surface area contributed by atoms with E-state index in [-0.39, 0.29) is 17.9 Å². The van der Waals surface area contributed by atoms with Crippen molar-refractivity contribution >= 4 is 5.91 Å². The molecule has 2 unspecified atom stereocenters. The van der Waals surface area contributed by atoms with Gasteiger partial charge in [0.2, 0.25) is 5.91 Å². The molecule has 2 heterocycles. The molecule has 0 saturated carbocycles. The van der Waals surface area contributed by atoms with Gasteiger partial charge in [-0.1, -0.05) is 24.3 Å². The number of morpholine rings is 1. The van der Waals surface area contributed by atoms with Gasteiger partial charge in [0.05, 0.1) is 18.8 Å². The maximum absolute atomic E-state index is 12.4. The van der Waals surface area contributed by atoms with Gasteiger partial charge in [0.25, 0.3) is 0 Å². The fraction of sp³-hybridized carbons (Fsp3) is 0.650. The van der Waals surface area contributed by atoms with Crippen LogP contribution in [-0.4, -0.2) is 55.9 Å². The van der Waals surface area contributed by atoms with Crippen LogP contribution in [-0.2, 0) is 27.4 Å². The summed E-state index contributed by atoms with van der Waals surface area (Å²) in [5.41, 5.74) is 8.51. The first kappa shape index (κ1) is 19.3. The van der Waals surface area contributed by atoms with Crippen molar-refractivity contribution in [2.45, 2.75) is 45.0 Å². The monoisotopic (exact) mass is 361 g/mol. The van der Waals surface area contributed by atoms with Crippen LogP contribution in [0.3, 0.4) is 0 Å². The number of carbonyl (C=O) groups excluding carboxylic acids is 1. The predicted octanol–water partition coefficient (Wildman–Crippen LogP) is 1.28. The number of ether oxygens (including phenoxy) is 2. The minimum absolute atomic E-state index is 0.0655. The Bertz CT molecular complexity index is 589. The van der Waals surface area contributed by atoms with E-state index in [0.717, 1.165) is 44.6 Å². The minimum atomic E-state index is -0.447. The largest absolute Gasteiger partial charge is 0.381 e. The summed E-state index contributed by atoms with van der Waals surface area (Å²) in [5, 5.41) is 3.00. The van der Waals surface area contributed by atoms with Crippen LogP contribution in [0.4, 0.5) is 0 Å². The maximum Gasteiger partial charge on any atom is 0.237 e. The predicted molar refractivity (Wildman–Crippen MR) is 100 cm³/mol. The third-order valence-electron chi connectivity index (χ3n) is 5.27. The number of nitrogens with two attached hydrogens (primary N) is 1. The quantitative estimate of drug-likeness (QED) is 0.798. The first-order valence-corrected chi connectivity index (χ1v) is 9.64. The summed E-state index contributed by atoms with van der Waals surface area (Å²) in [4.78, 5) is 14.8. The molecule has 3 N–H and O–H groups in total. The number of hydrogen-bond acceptors (Lipinski definition) is 5. The molecule has 26 heavy (non-hydrogen) atoms. The van der Waals surface area contributed by atoms with E-state index in [2.05, 4.69) is 35.3 Å². The molecule has 0 aliphatic carbocycles. The molecular formula is C20H31N3O3. The van der Waals surface area contributed by atoms with Gasteiger partial charge < -0.3 is 20.5 Å². The first-order chi connectivity index (χ1) is 12.6. The molecule has 3 rings (SSSR count). The highest BCUT2D eigenvalue weighted by Crippen LogP contribution is 2.18. The normalized spacial score (nSPS) is 23.5. The number of nitrogens with zero attached hydrogens (tertiary/aromatic N) is 1. The molecule has 6 nitrogen and oxygen atoms in total. The SMILES string of the molecule is CC1CN(Cc2cccc(CNC(=O)C(N)C3CCOCC3)c2)CCO1. The second kappa shape index (κ2) is 9.46. The second-order valence-corrected chi connectivity index (χ2v) is 7.43. The minimum Gasteiger partial charge on any atom is -0.381 e. The summed E-state index contributed by atoms with van der Waals surface area (Å²) in [6, 6.07) is 7.96. The van der Waals surface area contributed by atoms with Crippen molar-refractivity contribution in [3.63, 3.8) is 0 Å². The summed E-state index contributed by atoms with van der Waals surface area (Å²) >= 11 is 0. The molecule has 144 valence electrons. The smallest absolute Gasteiger partial charge is 0.237 e. The molecular weight excluding hydrogens is 330 g/mol. The van der Waals surface area contributed by atoms with Crippen LogP contribution in [0.15, 0.2) is 24.3 Å². The summed E-state index contributed by atoms with van der Waals surface area (Å²) in [6.07, 6.45) is 2.02. The molecule has 2 aliphatic heterocycles. The lowest BCUT2D eigenvalue weighted by molar-refractivity contribution is -0.124.